The van der Waals surface area contributed by atoms with Gasteiger partial charge in [-0.25, -0.2) is 9.59 Å². The van der Waals surface area contributed by atoms with E-state index in [1.54, 1.807) is 36.4 Å². The summed E-state index contributed by atoms with van der Waals surface area (Å²) in [4.78, 5) is 24.2. The predicted octanol–water partition coefficient (Wildman–Crippen LogP) is 2.81. The Labute approximate surface area is 150 Å². The SMILES string of the molecule is CC1(C(=O)OCCc2ccc(O)cc2)OC(=O)/C(=C/c2ccccc2)O1. The Kier molecular flexibility index (Phi) is 4.93. The highest BCUT2D eigenvalue weighted by atomic mass is 16.8. The quantitative estimate of drug-likeness (QED) is 0.657. The molecule has 0 saturated carbocycles. The van der Waals surface area contributed by atoms with Gasteiger partial charge < -0.3 is 19.3 Å². The minimum Gasteiger partial charge on any atom is -0.508 e. The second-order valence-electron chi connectivity index (χ2n) is 5.91. The van der Waals surface area contributed by atoms with Crippen LogP contribution in [-0.4, -0.2) is 29.4 Å². The minimum absolute atomic E-state index is 0.0471. The van der Waals surface area contributed by atoms with Gasteiger partial charge in [0.2, 0.25) is 5.76 Å². The molecule has 0 radical (unpaired) electrons. The molecule has 3 rings (SSSR count). The number of esters is 2. The number of hydrogen-bond acceptors (Lipinski definition) is 6. The molecular formula is C20H18O6. The summed E-state index contributed by atoms with van der Waals surface area (Å²) in [6, 6.07) is 15.7. The number of rotatable bonds is 5. The Morgan fingerprint density at radius 1 is 1.12 bits per heavy atom. The van der Waals surface area contributed by atoms with E-state index in [2.05, 4.69) is 0 Å². The second-order valence-corrected chi connectivity index (χ2v) is 5.91. The molecule has 0 amide bonds. The van der Waals surface area contributed by atoms with Gasteiger partial charge in [-0.1, -0.05) is 42.5 Å². The van der Waals surface area contributed by atoms with Gasteiger partial charge >= 0.3 is 17.7 Å². The molecule has 1 atom stereocenters. The van der Waals surface area contributed by atoms with Crippen LogP contribution in [0.2, 0.25) is 0 Å². The lowest BCUT2D eigenvalue weighted by atomic mass is 10.1. The zero-order chi connectivity index (χ0) is 18.6. The molecule has 0 bridgehead atoms. The summed E-state index contributed by atoms with van der Waals surface area (Å²) in [6.07, 6.45) is 1.97. The van der Waals surface area contributed by atoms with Crippen LogP contribution in [0.5, 0.6) is 5.75 Å². The molecule has 0 aromatic heterocycles. The third-order valence-electron chi connectivity index (χ3n) is 3.82. The molecule has 2 aromatic rings. The zero-order valence-electron chi connectivity index (χ0n) is 14.2. The summed E-state index contributed by atoms with van der Waals surface area (Å²) >= 11 is 0. The van der Waals surface area contributed by atoms with Gasteiger partial charge in [0, 0.05) is 13.3 Å². The van der Waals surface area contributed by atoms with Crippen molar-refractivity contribution in [1.82, 2.24) is 0 Å². The lowest BCUT2D eigenvalue weighted by Gasteiger charge is -2.19. The smallest absolute Gasteiger partial charge is 0.392 e. The molecule has 2 aromatic carbocycles. The first-order valence-corrected chi connectivity index (χ1v) is 8.10. The van der Waals surface area contributed by atoms with Gasteiger partial charge in [-0.05, 0) is 29.3 Å². The zero-order valence-corrected chi connectivity index (χ0v) is 14.2. The number of hydrogen-bond donors (Lipinski definition) is 1. The summed E-state index contributed by atoms with van der Waals surface area (Å²) < 4.78 is 15.7. The molecule has 1 saturated heterocycles. The molecule has 0 spiro atoms. The summed E-state index contributed by atoms with van der Waals surface area (Å²) in [5, 5.41) is 9.25. The van der Waals surface area contributed by atoms with Crippen molar-refractivity contribution >= 4 is 18.0 Å². The Balaban J connectivity index is 1.59. The van der Waals surface area contributed by atoms with Crippen LogP contribution in [0.15, 0.2) is 60.4 Å². The maximum Gasteiger partial charge on any atom is 0.392 e. The standard InChI is InChI=1S/C20H18O6/c1-20(19(23)24-12-11-14-7-9-16(21)10-8-14)25-17(18(22)26-20)13-15-5-3-2-4-6-15/h2-10,13,21H,11-12H2,1H3/b17-13-. The number of phenols is 1. The Bertz CT molecular complexity index is 825. The van der Waals surface area contributed by atoms with Gasteiger partial charge in [0.25, 0.3) is 0 Å². The Hall–Kier alpha value is -3.28. The number of carbonyl (C=O) groups excluding carboxylic acids is 2. The number of carbonyl (C=O) groups is 2. The average Bonchev–Trinajstić information content (AvgIpc) is 2.92. The molecule has 6 heteroatoms. The Morgan fingerprint density at radius 3 is 2.50 bits per heavy atom. The molecule has 1 N–H and O–H groups in total. The fourth-order valence-electron chi connectivity index (χ4n) is 2.43. The molecule has 1 aliphatic rings. The van der Waals surface area contributed by atoms with Crippen molar-refractivity contribution in [1.29, 1.82) is 0 Å². The summed E-state index contributed by atoms with van der Waals surface area (Å²) in [5.74, 6) is -3.17. The van der Waals surface area contributed by atoms with Gasteiger partial charge in [-0.15, -0.1) is 0 Å². The maximum atomic E-state index is 12.3. The van der Waals surface area contributed by atoms with E-state index in [0.717, 1.165) is 11.1 Å². The fourth-order valence-corrected chi connectivity index (χ4v) is 2.43. The van der Waals surface area contributed by atoms with Crippen molar-refractivity contribution in [2.24, 2.45) is 0 Å². The van der Waals surface area contributed by atoms with Crippen LogP contribution in [0.25, 0.3) is 6.08 Å². The van der Waals surface area contributed by atoms with E-state index in [0.29, 0.717) is 6.42 Å². The average molecular weight is 354 g/mol. The third kappa shape index (κ3) is 4.03. The highest BCUT2D eigenvalue weighted by Gasteiger charge is 2.49. The minimum atomic E-state index is -1.80. The molecule has 1 fully saturated rings. The van der Waals surface area contributed by atoms with Crippen molar-refractivity contribution in [3.63, 3.8) is 0 Å². The summed E-state index contributed by atoms with van der Waals surface area (Å²) in [5.41, 5.74) is 1.65. The number of phenolic OH excluding ortho intramolecular Hbond substituents is 1. The highest BCUT2D eigenvalue weighted by molar-refractivity contribution is 5.97. The van der Waals surface area contributed by atoms with Gasteiger partial charge in [-0.3, -0.25) is 0 Å². The van der Waals surface area contributed by atoms with E-state index in [1.807, 2.05) is 18.2 Å². The van der Waals surface area contributed by atoms with Crippen molar-refractivity contribution in [2.75, 3.05) is 6.61 Å². The molecule has 0 aliphatic carbocycles. The van der Waals surface area contributed by atoms with Crippen molar-refractivity contribution in [3.8, 4) is 5.75 Å². The normalized spacial score (nSPS) is 20.5. The van der Waals surface area contributed by atoms with Crippen LogP contribution in [0.1, 0.15) is 18.1 Å². The maximum absolute atomic E-state index is 12.3. The molecule has 26 heavy (non-hydrogen) atoms. The van der Waals surface area contributed by atoms with Gasteiger partial charge in [-0.2, -0.15) is 0 Å². The number of benzene rings is 2. The van der Waals surface area contributed by atoms with E-state index < -0.39 is 17.7 Å². The van der Waals surface area contributed by atoms with Crippen molar-refractivity contribution < 1.29 is 28.9 Å². The lowest BCUT2D eigenvalue weighted by molar-refractivity contribution is -0.200. The van der Waals surface area contributed by atoms with Crippen LogP contribution in [0.3, 0.4) is 0 Å². The second kappa shape index (κ2) is 7.31. The molecule has 1 unspecified atom stereocenters. The van der Waals surface area contributed by atoms with Crippen LogP contribution in [-0.2, 0) is 30.2 Å². The number of aromatic hydroxyl groups is 1. The molecule has 6 nitrogen and oxygen atoms in total. The summed E-state index contributed by atoms with van der Waals surface area (Å²) in [7, 11) is 0. The van der Waals surface area contributed by atoms with Crippen LogP contribution in [0.4, 0.5) is 0 Å². The number of ether oxygens (including phenoxy) is 3. The van der Waals surface area contributed by atoms with Gasteiger partial charge in [0.1, 0.15) is 5.75 Å². The Morgan fingerprint density at radius 2 is 1.81 bits per heavy atom. The molecule has 1 heterocycles. The lowest BCUT2D eigenvalue weighted by Crippen LogP contribution is -2.38. The fraction of sp³-hybridized carbons (Fsp3) is 0.200. The van der Waals surface area contributed by atoms with E-state index >= 15 is 0 Å². The highest BCUT2D eigenvalue weighted by Crippen LogP contribution is 2.29. The molecule has 134 valence electrons. The van der Waals surface area contributed by atoms with Gasteiger partial charge in [0.15, 0.2) is 0 Å². The van der Waals surface area contributed by atoms with Gasteiger partial charge in [0.05, 0.1) is 6.61 Å². The molecule has 1 aliphatic heterocycles. The largest absolute Gasteiger partial charge is 0.508 e. The van der Waals surface area contributed by atoms with Crippen molar-refractivity contribution in [3.05, 3.63) is 71.5 Å². The topological polar surface area (TPSA) is 82.1 Å². The molecular weight excluding hydrogens is 336 g/mol. The first-order chi connectivity index (χ1) is 12.5. The third-order valence-corrected chi connectivity index (χ3v) is 3.82. The van der Waals surface area contributed by atoms with E-state index in [4.69, 9.17) is 14.2 Å². The van der Waals surface area contributed by atoms with E-state index in [1.165, 1.54) is 13.0 Å². The van der Waals surface area contributed by atoms with E-state index in [9.17, 15) is 14.7 Å². The predicted molar refractivity (Wildman–Crippen MR) is 92.8 cm³/mol. The van der Waals surface area contributed by atoms with Crippen LogP contribution >= 0.6 is 0 Å². The van der Waals surface area contributed by atoms with Crippen LogP contribution < -0.4 is 0 Å². The van der Waals surface area contributed by atoms with Crippen molar-refractivity contribution in [2.45, 2.75) is 19.1 Å². The number of cyclic esters (lactones) is 1. The van der Waals surface area contributed by atoms with E-state index in [-0.39, 0.29) is 18.1 Å². The van der Waals surface area contributed by atoms with Crippen LogP contribution in [0, 0.1) is 0 Å². The summed E-state index contributed by atoms with van der Waals surface area (Å²) in [6.45, 7) is 1.44. The first kappa shape index (κ1) is 17.5. The monoisotopic (exact) mass is 354 g/mol. The first-order valence-electron chi connectivity index (χ1n) is 8.10.